The Morgan fingerprint density at radius 1 is 0.757 bits per heavy atom. The highest BCUT2D eigenvalue weighted by Gasteiger charge is 2.60. The van der Waals surface area contributed by atoms with Gasteiger partial charge in [-0.1, -0.05) is 103 Å². The van der Waals surface area contributed by atoms with Gasteiger partial charge < -0.3 is 9.72 Å². The third-order valence-corrected chi connectivity index (χ3v) is 6.72. The van der Waals surface area contributed by atoms with Crippen LogP contribution in [0.25, 0.3) is 0 Å². The Labute approximate surface area is 216 Å². The third-order valence-electron chi connectivity index (χ3n) is 6.72. The Kier molecular flexibility index (Phi) is 6.40. The van der Waals surface area contributed by atoms with E-state index < -0.39 is 17.0 Å². The molecular weight excluding hydrogens is 458 g/mol. The van der Waals surface area contributed by atoms with E-state index in [2.05, 4.69) is 47.5 Å². The van der Waals surface area contributed by atoms with Gasteiger partial charge in [0, 0.05) is 18.7 Å². The molecule has 0 aliphatic heterocycles. The van der Waals surface area contributed by atoms with Gasteiger partial charge in [-0.2, -0.15) is 5.26 Å². The van der Waals surface area contributed by atoms with Crippen LogP contribution in [0.15, 0.2) is 128 Å². The zero-order chi connectivity index (χ0) is 25.7. The second-order valence-corrected chi connectivity index (χ2v) is 8.77. The first-order valence-electron chi connectivity index (χ1n) is 12.0. The fourth-order valence-corrected chi connectivity index (χ4v) is 5.37. The van der Waals surface area contributed by atoms with Gasteiger partial charge in [-0.3, -0.25) is 4.79 Å². The maximum Gasteiger partial charge on any atom is 0.303 e. The molecule has 0 aliphatic carbocycles. The summed E-state index contributed by atoms with van der Waals surface area (Å²) in [5.74, 6) is -0.459. The molecule has 0 bridgehead atoms. The molecule has 5 rings (SSSR count). The number of imidazole rings is 1. The number of hydrogen-bond donors (Lipinski definition) is 1. The van der Waals surface area contributed by atoms with Crippen LogP contribution in [0.1, 0.15) is 40.4 Å². The molecule has 4 aromatic carbocycles. The number of nitrogens with zero attached hydrogens (tertiary/aromatic N) is 2. The molecule has 0 spiro atoms. The molecule has 1 N–H and O–H groups in total. The van der Waals surface area contributed by atoms with Crippen LogP contribution in [0, 0.1) is 11.3 Å². The molecule has 1 atom stereocenters. The smallest absolute Gasteiger partial charge is 0.303 e. The van der Waals surface area contributed by atoms with Crippen LogP contribution in [-0.4, -0.2) is 15.9 Å². The van der Waals surface area contributed by atoms with E-state index in [1.165, 1.54) is 6.92 Å². The first kappa shape index (κ1) is 23.8. The molecule has 180 valence electrons. The van der Waals surface area contributed by atoms with E-state index in [-0.39, 0.29) is 0 Å². The number of carbonyl (C=O) groups excluding carboxylic acids is 1. The van der Waals surface area contributed by atoms with Crippen molar-refractivity contribution in [2.45, 2.75) is 17.9 Å². The predicted molar refractivity (Wildman–Crippen MR) is 141 cm³/mol. The molecule has 0 saturated heterocycles. The maximum absolute atomic E-state index is 13.1. The van der Waals surface area contributed by atoms with Gasteiger partial charge in [-0.25, -0.2) is 4.98 Å². The first-order chi connectivity index (χ1) is 18.1. The summed E-state index contributed by atoms with van der Waals surface area (Å²) in [5, 5.41) is 9.50. The average molecular weight is 484 g/mol. The van der Waals surface area contributed by atoms with Gasteiger partial charge >= 0.3 is 5.97 Å². The molecule has 0 aliphatic rings. The van der Waals surface area contributed by atoms with E-state index >= 15 is 0 Å². The quantitative estimate of drug-likeness (QED) is 0.223. The minimum absolute atomic E-state index is 0.459. The van der Waals surface area contributed by atoms with E-state index in [9.17, 15) is 10.1 Å². The molecule has 5 aromatic rings. The van der Waals surface area contributed by atoms with Crippen LogP contribution in [0.2, 0.25) is 0 Å². The van der Waals surface area contributed by atoms with E-state index in [1.54, 1.807) is 24.7 Å². The molecule has 1 heterocycles. The van der Waals surface area contributed by atoms with Crippen molar-refractivity contribution in [3.05, 3.63) is 161 Å². The maximum atomic E-state index is 13.1. The van der Waals surface area contributed by atoms with E-state index in [0.717, 1.165) is 16.7 Å². The van der Waals surface area contributed by atoms with Crippen molar-refractivity contribution >= 4 is 5.97 Å². The fraction of sp³-hybridized carbons (Fsp3) is 0.0938. The lowest BCUT2D eigenvalue weighted by molar-refractivity contribution is -0.159. The Morgan fingerprint density at radius 2 is 1.24 bits per heavy atom. The average Bonchev–Trinajstić information content (AvgIpc) is 3.50. The number of rotatable bonds is 7. The topological polar surface area (TPSA) is 78.8 Å². The van der Waals surface area contributed by atoms with Crippen molar-refractivity contribution in [3.8, 4) is 6.07 Å². The van der Waals surface area contributed by atoms with Crippen molar-refractivity contribution in [2.24, 2.45) is 0 Å². The van der Waals surface area contributed by atoms with Gasteiger partial charge in [0.15, 0.2) is 5.60 Å². The molecular formula is C32H25N3O2. The number of benzene rings is 4. The summed E-state index contributed by atoms with van der Waals surface area (Å²) in [7, 11) is 0. The molecule has 0 fully saturated rings. The number of aromatic amines is 1. The van der Waals surface area contributed by atoms with Crippen molar-refractivity contribution in [2.75, 3.05) is 0 Å². The molecule has 0 amide bonds. The highest BCUT2D eigenvalue weighted by molar-refractivity contribution is 5.70. The van der Waals surface area contributed by atoms with E-state index in [0.29, 0.717) is 16.8 Å². The number of ether oxygens (including phenoxy) is 1. The van der Waals surface area contributed by atoms with Crippen molar-refractivity contribution in [1.29, 1.82) is 5.26 Å². The Balaban J connectivity index is 2.05. The summed E-state index contributed by atoms with van der Waals surface area (Å²) in [6.45, 7) is 1.41. The standard InChI is InChI=1S/C32H25N3O2/c1-24(36)37-32(30-22-34-23-35-30,29-19-17-25(21-33)18-20-29)31(26-11-5-2-6-12-26,27-13-7-3-8-14-27)28-15-9-4-10-16-28/h2-20,22-23H,1H3,(H,34,35). The summed E-state index contributed by atoms with van der Waals surface area (Å²) in [5.41, 5.74) is 1.97. The lowest BCUT2D eigenvalue weighted by atomic mass is 9.56. The highest BCUT2D eigenvalue weighted by atomic mass is 16.6. The van der Waals surface area contributed by atoms with Gasteiger partial charge in [0.25, 0.3) is 0 Å². The Bertz CT molecular complexity index is 1410. The number of nitrogens with one attached hydrogen (secondary N) is 1. The van der Waals surface area contributed by atoms with Crippen LogP contribution in [-0.2, 0) is 20.5 Å². The first-order valence-corrected chi connectivity index (χ1v) is 12.0. The number of H-pyrrole nitrogens is 1. The fourth-order valence-electron chi connectivity index (χ4n) is 5.37. The number of aromatic nitrogens is 2. The highest BCUT2D eigenvalue weighted by Crippen LogP contribution is 2.57. The second-order valence-electron chi connectivity index (χ2n) is 8.77. The number of nitriles is 1. The van der Waals surface area contributed by atoms with Crippen LogP contribution >= 0.6 is 0 Å². The minimum Gasteiger partial charge on any atom is -0.446 e. The van der Waals surface area contributed by atoms with Crippen LogP contribution in [0.5, 0.6) is 0 Å². The number of hydrogen-bond acceptors (Lipinski definition) is 4. The molecule has 5 nitrogen and oxygen atoms in total. The van der Waals surface area contributed by atoms with Crippen LogP contribution in [0.4, 0.5) is 0 Å². The molecule has 5 heteroatoms. The van der Waals surface area contributed by atoms with E-state index in [1.807, 2.05) is 66.7 Å². The molecule has 37 heavy (non-hydrogen) atoms. The predicted octanol–water partition coefficient (Wildman–Crippen LogP) is 6.12. The van der Waals surface area contributed by atoms with Gasteiger partial charge in [0.2, 0.25) is 0 Å². The van der Waals surface area contributed by atoms with Gasteiger partial charge in [0.05, 0.1) is 23.4 Å². The lowest BCUT2D eigenvalue weighted by Gasteiger charge is -2.50. The lowest BCUT2D eigenvalue weighted by Crippen LogP contribution is -2.54. The Morgan fingerprint density at radius 3 is 1.62 bits per heavy atom. The molecule has 1 unspecified atom stereocenters. The molecule has 0 saturated carbocycles. The number of esters is 1. The van der Waals surface area contributed by atoms with Gasteiger partial charge in [-0.05, 0) is 28.8 Å². The SMILES string of the molecule is CC(=O)OC(c1ccc(C#N)cc1)(c1c[nH]cn1)C(c1ccccc1)(c1ccccc1)c1ccccc1. The van der Waals surface area contributed by atoms with Gasteiger partial charge in [0.1, 0.15) is 5.69 Å². The minimum atomic E-state index is -1.45. The zero-order valence-electron chi connectivity index (χ0n) is 20.3. The normalized spacial score (nSPS) is 12.8. The summed E-state index contributed by atoms with van der Waals surface area (Å²) in [6, 6.07) is 39.5. The summed E-state index contributed by atoms with van der Waals surface area (Å²) >= 11 is 0. The molecule has 1 aromatic heterocycles. The largest absolute Gasteiger partial charge is 0.446 e. The summed E-state index contributed by atoms with van der Waals surface area (Å²) < 4.78 is 6.57. The summed E-state index contributed by atoms with van der Waals surface area (Å²) in [4.78, 5) is 20.9. The second kappa shape index (κ2) is 9.96. The van der Waals surface area contributed by atoms with Crippen molar-refractivity contribution in [1.82, 2.24) is 9.97 Å². The van der Waals surface area contributed by atoms with Crippen LogP contribution in [0.3, 0.4) is 0 Å². The Hall–Kier alpha value is -4.95. The van der Waals surface area contributed by atoms with Gasteiger partial charge in [-0.15, -0.1) is 0 Å². The third kappa shape index (κ3) is 3.89. The molecule has 0 radical (unpaired) electrons. The van der Waals surface area contributed by atoms with E-state index in [4.69, 9.17) is 9.72 Å². The van der Waals surface area contributed by atoms with Crippen molar-refractivity contribution in [3.63, 3.8) is 0 Å². The number of carbonyl (C=O) groups is 1. The zero-order valence-corrected chi connectivity index (χ0v) is 20.3. The van der Waals surface area contributed by atoms with Crippen molar-refractivity contribution < 1.29 is 9.53 Å². The van der Waals surface area contributed by atoms with Crippen LogP contribution < -0.4 is 0 Å². The monoisotopic (exact) mass is 483 g/mol. The summed E-state index contributed by atoms with van der Waals surface area (Å²) in [6.07, 6.45) is 3.35.